The third kappa shape index (κ3) is 6.65. The number of nitriles is 1. The monoisotopic (exact) mass is 426 g/mol. The Kier molecular flexibility index (Phi) is 8.99. The molecule has 136 valence electrons. The van der Waals surface area contributed by atoms with Crippen molar-refractivity contribution >= 4 is 51.1 Å². The summed E-state index contributed by atoms with van der Waals surface area (Å²) in [6.45, 7) is 0.470. The van der Waals surface area contributed by atoms with Gasteiger partial charge in [-0.2, -0.15) is 10.3 Å². The Bertz CT molecular complexity index is 810. The average molecular weight is 427 g/mol. The van der Waals surface area contributed by atoms with Crippen LogP contribution < -0.4 is 9.47 Å². The van der Waals surface area contributed by atoms with Crippen molar-refractivity contribution in [3.63, 3.8) is 0 Å². The molecule has 0 saturated carbocycles. The van der Waals surface area contributed by atoms with Crippen molar-refractivity contribution in [2.24, 2.45) is 4.99 Å². The van der Waals surface area contributed by atoms with Gasteiger partial charge in [0.15, 0.2) is 11.5 Å². The number of nitrogens with zero attached hydrogens (tertiary/aromatic N) is 2. The molecule has 26 heavy (non-hydrogen) atoms. The van der Waals surface area contributed by atoms with Crippen LogP contribution in [0.15, 0.2) is 47.5 Å². The predicted molar refractivity (Wildman–Crippen MR) is 112 cm³/mol. The molecule has 0 bridgehead atoms. The van der Waals surface area contributed by atoms with Gasteiger partial charge in [0.2, 0.25) is 6.19 Å². The molecule has 0 atom stereocenters. The number of thioether (sulfide) groups is 2. The number of hydrogen-bond donors (Lipinski definition) is 0. The van der Waals surface area contributed by atoms with Gasteiger partial charge in [0.1, 0.15) is 4.38 Å². The molecule has 4 nitrogen and oxygen atoms in total. The van der Waals surface area contributed by atoms with Gasteiger partial charge in [-0.25, -0.2) is 0 Å². The first-order chi connectivity index (χ1) is 12.6. The summed E-state index contributed by atoms with van der Waals surface area (Å²) < 4.78 is 11.6. The number of ether oxygens (including phenoxy) is 2. The third-order valence-electron chi connectivity index (χ3n) is 3.14. The van der Waals surface area contributed by atoms with Crippen molar-refractivity contribution in [1.82, 2.24) is 0 Å². The minimum Gasteiger partial charge on any atom is -0.493 e. The van der Waals surface area contributed by atoms with Gasteiger partial charge in [0.25, 0.3) is 0 Å². The molecule has 0 fully saturated rings. The summed E-state index contributed by atoms with van der Waals surface area (Å²) in [5.41, 5.74) is 0.942. The highest BCUT2D eigenvalue weighted by Gasteiger charge is 2.08. The first-order valence-corrected chi connectivity index (χ1v) is 10.3. The minimum absolute atomic E-state index is 0.470. The van der Waals surface area contributed by atoms with Crippen molar-refractivity contribution in [1.29, 1.82) is 5.26 Å². The van der Waals surface area contributed by atoms with Crippen LogP contribution in [0, 0.1) is 11.5 Å². The second kappa shape index (κ2) is 11.2. The largest absolute Gasteiger partial charge is 0.493 e. The maximum atomic E-state index is 8.87. The summed E-state index contributed by atoms with van der Waals surface area (Å²) in [7, 11) is 1.60. The lowest BCUT2D eigenvalue weighted by molar-refractivity contribution is 0.314. The first kappa shape index (κ1) is 20.8. The fourth-order valence-electron chi connectivity index (χ4n) is 1.94. The Balaban J connectivity index is 1.83. The summed E-state index contributed by atoms with van der Waals surface area (Å²) in [5, 5.41) is 10.1. The highest BCUT2D eigenvalue weighted by molar-refractivity contribution is 8.38. The number of para-hydroxylation sites is 2. The predicted octanol–water partition coefficient (Wildman–Crippen LogP) is 5.88. The van der Waals surface area contributed by atoms with Crippen LogP contribution in [0.25, 0.3) is 0 Å². The molecule has 2 aromatic carbocycles. The van der Waals surface area contributed by atoms with Gasteiger partial charge in [0.05, 0.1) is 13.7 Å². The van der Waals surface area contributed by atoms with E-state index < -0.39 is 0 Å². The van der Waals surface area contributed by atoms with E-state index in [1.54, 1.807) is 19.2 Å². The normalized spacial score (nSPS) is 11.1. The minimum atomic E-state index is 0.470. The molecule has 0 amide bonds. The summed E-state index contributed by atoms with van der Waals surface area (Å²) in [6, 6.07) is 12.8. The second-order valence-corrected chi connectivity index (χ2v) is 8.00. The number of rotatable bonds is 7. The Morgan fingerprint density at radius 2 is 1.92 bits per heavy atom. The molecule has 8 heteroatoms. The molecule has 0 heterocycles. The van der Waals surface area contributed by atoms with E-state index in [2.05, 4.69) is 4.99 Å². The van der Waals surface area contributed by atoms with Crippen molar-refractivity contribution < 1.29 is 9.47 Å². The van der Waals surface area contributed by atoms with Gasteiger partial charge in [0, 0.05) is 21.6 Å². The third-order valence-corrected chi connectivity index (χ3v) is 5.94. The molecule has 0 aliphatic rings. The highest BCUT2D eigenvalue weighted by Crippen LogP contribution is 2.29. The highest BCUT2D eigenvalue weighted by atomic mass is 35.5. The first-order valence-electron chi connectivity index (χ1n) is 7.56. The number of benzene rings is 2. The Labute approximate surface area is 171 Å². The van der Waals surface area contributed by atoms with E-state index in [1.807, 2.05) is 36.5 Å². The number of hydrogen-bond acceptors (Lipinski definition) is 6. The van der Waals surface area contributed by atoms with Crippen molar-refractivity contribution in [2.45, 2.75) is 5.75 Å². The van der Waals surface area contributed by atoms with Crippen LogP contribution in [0.5, 0.6) is 11.5 Å². The molecular weight excluding hydrogens is 411 g/mol. The zero-order valence-electron chi connectivity index (χ0n) is 13.9. The standard InChI is InChI=1S/C18H16Cl2N2O2S2/c1-23-16-4-2-3-5-17(16)24-8-9-25-18(22-12-21)26-11-13-6-7-14(19)10-15(13)20/h2-7,10H,8-9,11H2,1H3. The zero-order valence-corrected chi connectivity index (χ0v) is 17.1. The number of halogens is 2. The molecule has 0 N–H and O–H groups in total. The van der Waals surface area contributed by atoms with E-state index in [9.17, 15) is 0 Å². The summed E-state index contributed by atoms with van der Waals surface area (Å²) in [6.07, 6.45) is 1.84. The van der Waals surface area contributed by atoms with E-state index in [-0.39, 0.29) is 0 Å². The smallest absolute Gasteiger partial charge is 0.207 e. The SMILES string of the molecule is COc1ccccc1OCCSC(=NC#N)SCc1ccc(Cl)cc1Cl. The van der Waals surface area contributed by atoms with Crippen LogP contribution in [-0.4, -0.2) is 23.8 Å². The van der Waals surface area contributed by atoms with Crippen molar-refractivity contribution in [2.75, 3.05) is 19.5 Å². The number of methoxy groups -OCH3 is 1. The molecule has 0 aliphatic heterocycles. The summed E-state index contributed by atoms with van der Waals surface area (Å²) >= 11 is 15.0. The van der Waals surface area contributed by atoms with Crippen LogP contribution in [0.1, 0.15) is 5.56 Å². The van der Waals surface area contributed by atoms with Gasteiger partial charge < -0.3 is 9.47 Å². The van der Waals surface area contributed by atoms with Crippen LogP contribution in [0.3, 0.4) is 0 Å². The van der Waals surface area contributed by atoms with Crippen LogP contribution in [0.2, 0.25) is 10.0 Å². The van der Waals surface area contributed by atoms with E-state index in [1.165, 1.54) is 23.5 Å². The molecule has 0 saturated heterocycles. The van der Waals surface area contributed by atoms with Crippen LogP contribution in [-0.2, 0) is 5.75 Å². The van der Waals surface area contributed by atoms with Gasteiger partial charge in [-0.3, -0.25) is 0 Å². The van der Waals surface area contributed by atoms with E-state index in [0.717, 1.165) is 5.56 Å². The molecule has 0 unspecified atom stereocenters. The van der Waals surface area contributed by atoms with Crippen LogP contribution >= 0.6 is 46.7 Å². The fourth-order valence-corrected chi connectivity index (χ4v) is 4.34. The molecule has 2 rings (SSSR count). The van der Waals surface area contributed by atoms with E-state index in [4.69, 9.17) is 37.9 Å². The Morgan fingerprint density at radius 3 is 2.62 bits per heavy atom. The van der Waals surface area contributed by atoms with Crippen molar-refractivity contribution in [3.8, 4) is 17.7 Å². The van der Waals surface area contributed by atoms with Gasteiger partial charge in [-0.05, 0) is 29.8 Å². The lowest BCUT2D eigenvalue weighted by Crippen LogP contribution is -2.03. The van der Waals surface area contributed by atoms with Gasteiger partial charge in [-0.1, -0.05) is 64.9 Å². The molecule has 0 spiro atoms. The molecule has 0 aromatic heterocycles. The average Bonchev–Trinajstić information content (AvgIpc) is 2.64. The van der Waals surface area contributed by atoms with Gasteiger partial charge >= 0.3 is 0 Å². The molecule has 0 aliphatic carbocycles. The topological polar surface area (TPSA) is 54.6 Å². The molecule has 0 radical (unpaired) electrons. The second-order valence-electron chi connectivity index (χ2n) is 4.85. The number of aliphatic imine (C=N–C) groups is 1. The molecular formula is C18H16Cl2N2O2S2. The molecule has 2 aromatic rings. The van der Waals surface area contributed by atoms with E-state index in [0.29, 0.717) is 44.0 Å². The Hall–Kier alpha value is -1.52. The fraction of sp³-hybridized carbons (Fsp3) is 0.222. The maximum absolute atomic E-state index is 8.87. The van der Waals surface area contributed by atoms with Gasteiger partial charge in [-0.15, -0.1) is 0 Å². The van der Waals surface area contributed by atoms with Crippen molar-refractivity contribution in [3.05, 3.63) is 58.1 Å². The quantitative estimate of drug-likeness (QED) is 0.239. The summed E-state index contributed by atoms with van der Waals surface area (Å²) in [4.78, 5) is 3.86. The van der Waals surface area contributed by atoms with Crippen LogP contribution in [0.4, 0.5) is 0 Å². The Morgan fingerprint density at radius 1 is 1.15 bits per heavy atom. The summed E-state index contributed by atoms with van der Waals surface area (Å²) in [5.74, 6) is 2.64. The zero-order chi connectivity index (χ0) is 18.8. The maximum Gasteiger partial charge on any atom is 0.207 e. The lowest BCUT2D eigenvalue weighted by Gasteiger charge is -2.10. The van der Waals surface area contributed by atoms with E-state index >= 15 is 0 Å². The lowest BCUT2D eigenvalue weighted by atomic mass is 10.2.